The van der Waals surface area contributed by atoms with Crippen LogP contribution in [-0.2, 0) is 11.3 Å². The molecule has 19 heavy (non-hydrogen) atoms. The van der Waals surface area contributed by atoms with Gasteiger partial charge < -0.3 is 10.8 Å². The summed E-state index contributed by atoms with van der Waals surface area (Å²) >= 11 is 0. The summed E-state index contributed by atoms with van der Waals surface area (Å²) in [7, 11) is 0. The molecule has 3 N–H and O–H groups in total. The monoisotopic (exact) mass is 261 g/mol. The molecule has 0 fully saturated rings. The van der Waals surface area contributed by atoms with Gasteiger partial charge >= 0.3 is 5.97 Å². The van der Waals surface area contributed by atoms with Crippen molar-refractivity contribution in [1.82, 2.24) is 20.0 Å². The molecule has 2 aromatic rings. The van der Waals surface area contributed by atoms with Crippen LogP contribution in [-0.4, -0.2) is 37.0 Å². The predicted octanol–water partition coefficient (Wildman–Crippen LogP) is -0.0863. The number of nitrogens with two attached hydrogens (primary N) is 1. The van der Waals surface area contributed by atoms with Crippen molar-refractivity contribution in [3.8, 4) is 11.4 Å². The largest absolute Gasteiger partial charge is 0.476 e. The van der Waals surface area contributed by atoms with Crippen molar-refractivity contribution >= 4 is 11.9 Å². The van der Waals surface area contributed by atoms with Crippen molar-refractivity contribution < 1.29 is 14.7 Å². The van der Waals surface area contributed by atoms with E-state index in [4.69, 9.17) is 10.8 Å². The summed E-state index contributed by atoms with van der Waals surface area (Å²) in [6, 6.07) is 5.08. The molecule has 0 saturated carbocycles. The number of aromatic carboxylic acids is 1. The lowest BCUT2D eigenvalue weighted by Gasteiger charge is -2.05. The van der Waals surface area contributed by atoms with Crippen molar-refractivity contribution in [1.29, 1.82) is 0 Å². The molecular weight excluding hydrogens is 250 g/mol. The van der Waals surface area contributed by atoms with Gasteiger partial charge in [-0.15, -0.1) is 5.10 Å². The summed E-state index contributed by atoms with van der Waals surface area (Å²) in [5.74, 6) is -1.70. The number of primary amides is 1. The third-order valence-corrected chi connectivity index (χ3v) is 2.42. The molecular formula is C11H11N5O3. The number of carboxylic acid groups (broad SMARTS) is 1. The van der Waals surface area contributed by atoms with Crippen LogP contribution >= 0.6 is 0 Å². The quantitative estimate of drug-likeness (QED) is 0.775. The molecule has 0 spiro atoms. The molecule has 2 heterocycles. The number of nitrogens with zero attached hydrogens (tertiary/aromatic N) is 4. The van der Waals surface area contributed by atoms with Gasteiger partial charge in [0.15, 0.2) is 5.69 Å². The number of hydrogen-bond donors (Lipinski definition) is 2. The van der Waals surface area contributed by atoms with Crippen LogP contribution in [0.1, 0.15) is 16.9 Å². The molecule has 2 aromatic heterocycles. The Bertz CT molecular complexity index is 608. The van der Waals surface area contributed by atoms with Gasteiger partial charge in [-0.05, 0) is 12.1 Å². The minimum atomic E-state index is -1.20. The van der Waals surface area contributed by atoms with E-state index in [2.05, 4.69) is 15.3 Å². The number of aromatic nitrogens is 4. The Balaban J connectivity index is 2.45. The summed E-state index contributed by atoms with van der Waals surface area (Å²) in [4.78, 5) is 26.0. The molecule has 1 amide bonds. The summed E-state index contributed by atoms with van der Waals surface area (Å²) in [6.07, 6.45) is 1.58. The van der Waals surface area contributed by atoms with Crippen LogP contribution in [0.25, 0.3) is 11.4 Å². The lowest BCUT2D eigenvalue weighted by molar-refractivity contribution is -0.118. The molecule has 98 valence electrons. The molecule has 0 aromatic carbocycles. The number of rotatable bonds is 5. The van der Waals surface area contributed by atoms with E-state index in [1.165, 1.54) is 10.9 Å². The van der Waals surface area contributed by atoms with Crippen LogP contribution in [0.2, 0.25) is 0 Å². The van der Waals surface area contributed by atoms with Crippen LogP contribution in [0.3, 0.4) is 0 Å². The molecule has 0 saturated heterocycles. The van der Waals surface area contributed by atoms with Crippen molar-refractivity contribution in [3.05, 3.63) is 30.1 Å². The smallest absolute Gasteiger partial charge is 0.358 e. The molecule has 0 unspecified atom stereocenters. The topological polar surface area (TPSA) is 124 Å². The standard InChI is InChI=1S/C11H11N5O3/c12-8(17)4-6-16-10(7-3-1-2-5-13-7)9(11(18)19)14-15-16/h1-3,5H,4,6H2,(H2,12,17)(H,18,19). The Labute approximate surface area is 107 Å². The first-order valence-corrected chi connectivity index (χ1v) is 5.46. The molecule has 8 heteroatoms. The fraction of sp³-hybridized carbons (Fsp3) is 0.182. The van der Waals surface area contributed by atoms with Gasteiger partial charge in [-0.2, -0.15) is 0 Å². The highest BCUT2D eigenvalue weighted by Crippen LogP contribution is 2.20. The van der Waals surface area contributed by atoms with Gasteiger partial charge in [-0.3, -0.25) is 9.78 Å². The second-order valence-corrected chi connectivity index (χ2v) is 3.75. The molecule has 0 aliphatic rings. The number of aryl methyl sites for hydroxylation is 1. The number of carboxylic acids is 1. The average Bonchev–Trinajstić information content (AvgIpc) is 2.81. The SMILES string of the molecule is NC(=O)CCn1nnc(C(=O)O)c1-c1ccccn1. The molecule has 2 rings (SSSR count). The van der Waals surface area contributed by atoms with Crippen LogP contribution in [0.4, 0.5) is 0 Å². The maximum atomic E-state index is 11.1. The van der Waals surface area contributed by atoms with E-state index in [0.717, 1.165) is 0 Å². The molecule has 0 bridgehead atoms. The van der Waals surface area contributed by atoms with Crippen molar-refractivity contribution in [2.75, 3.05) is 0 Å². The van der Waals surface area contributed by atoms with E-state index >= 15 is 0 Å². The maximum absolute atomic E-state index is 11.1. The maximum Gasteiger partial charge on any atom is 0.358 e. The number of hydrogen-bond acceptors (Lipinski definition) is 5. The number of pyridine rings is 1. The summed E-state index contributed by atoms with van der Waals surface area (Å²) in [6.45, 7) is 0.154. The third kappa shape index (κ3) is 2.73. The van der Waals surface area contributed by atoms with E-state index in [0.29, 0.717) is 5.69 Å². The third-order valence-electron chi connectivity index (χ3n) is 2.42. The van der Waals surface area contributed by atoms with Crippen LogP contribution in [0.15, 0.2) is 24.4 Å². The Morgan fingerprint density at radius 3 is 2.74 bits per heavy atom. The minimum Gasteiger partial charge on any atom is -0.476 e. The Morgan fingerprint density at radius 1 is 1.37 bits per heavy atom. The fourth-order valence-corrected chi connectivity index (χ4v) is 1.59. The van der Waals surface area contributed by atoms with Crippen molar-refractivity contribution in [2.24, 2.45) is 5.73 Å². The zero-order valence-electron chi connectivity index (χ0n) is 9.85. The highest BCUT2D eigenvalue weighted by molar-refractivity contribution is 5.92. The molecule has 0 atom stereocenters. The van der Waals surface area contributed by atoms with Gasteiger partial charge in [0.1, 0.15) is 5.69 Å². The molecule has 8 nitrogen and oxygen atoms in total. The van der Waals surface area contributed by atoms with Crippen LogP contribution < -0.4 is 5.73 Å². The molecule has 0 aliphatic heterocycles. The van der Waals surface area contributed by atoms with Gasteiger partial charge in [0.05, 0.1) is 12.2 Å². The minimum absolute atomic E-state index is 0.0439. The van der Waals surface area contributed by atoms with E-state index in [9.17, 15) is 9.59 Å². The fourth-order valence-electron chi connectivity index (χ4n) is 1.59. The summed E-state index contributed by atoms with van der Waals surface area (Å²) in [5, 5.41) is 16.4. The normalized spacial score (nSPS) is 10.3. The highest BCUT2D eigenvalue weighted by atomic mass is 16.4. The number of carbonyl (C=O) groups is 2. The van der Waals surface area contributed by atoms with Gasteiger partial charge in [0.2, 0.25) is 5.91 Å². The number of amides is 1. The second kappa shape index (κ2) is 5.25. The average molecular weight is 261 g/mol. The van der Waals surface area contributed by atoms with E-state index in [1.54, 1.807) is 18.2 Å². The summed E-state index contributed by atoms with van der Waals surface area (Å²) < 4.78 is 1.32. The van der Waals surface area contributed by atoms with Crippen LogP contribution in [0, 0.1) is 0 Å². The zero-order chi connectivity index (χ0) is 13.8. The first kappa shape index (κ1) is 12.7. The Kier molecular flexibility index (Phi) is 3.51. The van der Waals surface area contributed by atoms with Gasteiger partial charge in [-0.25, -0.2) is 9.48 Å². The second-order valence-electron chi connectivity index (χ2n) is 3.75. The lowest BCUT2D eigenvalue weighted by atomic mass is 10.2. The highest BCUT2D eigenvalue weighted by Gasteiger charge is 2.21. The van der Waals surface area contributed by atoms with Gasteiger partial charge in [0.25, 0.3) is 0 Å². The Hall–Kier alpha value is -2.77. The zero-order valence-corrected chi connectivity index (χ0v) is 9.85. The molecule has 0 radical (unpaired) electrons. The van der Waals surface area contributed by atoms with E-state index < -0.39 is 11.9 Å². The Morgan fingerprint density at radius 2 is 2.16 bits per heavy atom. The number of carbonyl (C=O) groups excluding carboxylic acids is 1. The molecule has 0 aliphatic carbocycles. The first-order valence-electron chi connectivity index (χ1n) is 5.46. The van der Waals surface area contributed by atoms with Gasteiger partial charge in [0, 0.05) is 12.6 Å². The van der Waals surface area contributed by atoms with E-state index in [-0.39, 0.29) is 24.4 Å². The van der Waals surface area contributed by atoms with Crippen molar-refractivity contribution in [3.63, 3.8) is 0 Å². The first-order chi connectivity index (χ1) is 9.09. The van der Waals surface area contributed by atoms with Crippen molar-refractivity contribution in [2.45, 2.75) is 13.0 Å². The lowest BCUT2D eigenvalue weighted by Crippen LogP contribution is -2.15. The summed E-state index contributed by atoms with van der Waals surface area (Å²) in [5.41, 5.74) is 5.54. The van der Waals surface area contributed by atoms with E-state index in [1.807, 2.05) is 0 Å². The van der Waals surface area contributed by atoms with Gasteiger partial charge in [-0.1, -0.05) is 11.3 Å². The van der Waals surface area contributed by atoms with Crippen LogP contribution in [0.5, 0.6) is 0 Å². The predicted molar refractivity (Wildman–Crippen MR) is 64.0 cm³/mol.